The van der Waals surface area contributed by atoms with Crippen LogP contribution in [-0.2, 0) is 0 Å². The second kappa shape index (κ2) is 7.09. The van der Waals surface area contributed by atoms with E-state index in [-0.39, 0.29) is 29.5 Å². The third-order valence-electron chi connectivity index (χ3n) is 3.95. The minimum absolute atomic E-state index is 0.0496. The number of ether oxygens (including phenoxy) is 1. The molecular formula is C21H18O4. The van der Waals surface area contributed by atoms with Gasteiger partial charge >= 0.3 is 0 Å². The van der Waals surface area contributed by atoms with E-state index in [0.29, 0.717) is 11.3 Å². The minimum atomic E-state index is -0.354. The first-order valence-electron chi connectivity index (χ1n) is 7.88. The molecule has 126 valence electrons. The summed E-state index contributed by atoms with van der Waals surface area (Å²) in [4.78, 5) is 12.2. The summed E-state index contributed by atoms with van der Waals surface area (Å²) in [6.07, 6.45) is 0. The van der Waals surface area contributed by atoms with E-state index in [0.717, 1.165) is 17.2 Å². The number of carbonyl (C=O) groups excluding carboxylic acids is 1. The van der Waals surface area contributed by atoms with Crippen LogP contribution in [0.1, 0.15) is 15.9 Å². The van der Waals surface area contributed by atoms with E-state index in [1.165, 1.54) is 6.07 Å². The molecule has 25 heavy (non-hydrogen) atoms. The first kappa shape index (κ1) is 16.6. The highest BCUT2D eigenvalue weighted by Gasteiger charge is 2.14. The second-order valence-electron chi connectivity index (χ2n) is 5.76. The third kappa shape index (κ3) is 3.80. The van der Waals surface area contributed by atoms with Gasteiger partial charge in [0.25, 0.3) is 0 Å². The fraction of sp³-hybridized carbons (Fsp3) is 0.0952. The Morgan fingerprint density at radius 1 is 0.880 bits per heavy atom. The number of ketones is 1. The number of phenols is 2. The highest BCUT2D eigenvalue weighted by Crippen LogP contribution is 2.27. The van der Waals surface area contributed by atoms with Gasteiger partial charge in [-0.25, -0.2) is 0 Å². The Morgan fingerprint density at radius 2 is 1.52 bits per heavy atom. The van der Waals surface area contributed by atoms with Gasteiger partial charge in [0, 0.05) is 6.07 Å². The smallest absolute Gasteiger partial charge is 0.203 e. The van der Waals surface area contributed by atoms with Crippen LogP contribution < -0.4 is 4.74 Å². The zero-order valence-corrected chi connectivity index (χ0v) is 13.8. The van der Waals surface area contributed by atoms with Crippen molar-refractivity contribution < 1.29 is 19.7 Å². The SMILES string of the molecule is Cc1cc(C(=O)COc2ccc(-c3ccccc3)cc2)c(O)cc1O. The summed E-state index contributed by atoms with van der Waals surface area (Å²) in [6.45, 7) is 1.47. The first-order valence-corrected chi connectivity index (χ1v) is 7.88. The Labute approximate surface area is 146 Å². The zero-order valence-electron chi connectivity index (χ0n) is 13.8. The molecule has 0 fully saturated rings. The maximum atomic E-state index is 12.2. The van der Waals surface area contributed by atoms with Crippen LogP contribution >= 0.6 is 0 Å². The molecule has 0 unspecified atom stereocenters. The molecule has 0 aromatic heterocycles. The molecule has 0 saturated heterocycles. The number of hydrogen-bond acceptors (Lipinski definition) is 4. The number of Topliss-reactive ketones (excluding diaryl/α,β-unsaturated/α-hetero) is 1. The molecule has 0 atom stereocenters. The molecular weight excluding hydrogens is 316 g/mol. The fourth-order valence-electron chi connectivity index (χ4n) is 2.51. The molecule has 2 N–H and O–H groups in total. The number of hydrogen-bond donors (Lipinski definition) is 2. The molecule has 0 bridgehead atoms. The Balaban J connectivity index is 1.68. The average Bonchev–Trinajstić information content (AvgIpc) is 2.64. The molecule has 0 amide bonds. The quantitative estimate of drug-likeness (QED) is 0.681. The second-order valence-corrected chi connectivity index (χ2v) is 5.76. The van der Waals surface area contributed by atoms with Gasteiger partial charge in [0.15, 0.2) is 6.61 Å². The monoisotopic (exact) mass is 334 g/mol. The molecule has 3 rings (SSSR count). The summed E-state index contributed by atoms with van der Waals surface area (Å²) < 4.78 is 5.52. The predicted molar refractivity (Wildman–Crippen MR) is 96.2 cm³/mol. The van der Waals surface area contributed by atoms with Crippen molar-refractivity contribution >= 4 is 5.78 Å². The standard InChI is InChI=1S/C21H18O4/c1-14-11-18(20(23)12-19(14)22)21(24)13-25-17-9-7-16(8-10-17)15-5-3-2-4-6-15/h2-12,22-23H,13H2,1H3. The summed E-state index contributed by atoms with van der Waals surface area (Å²) in [5.41, 5.74) is 2.82. The van der Waals surface area contributed by atoms with Gasteiger partial charge in [-0.05, 0) is 41.8 Å². The van der Waals surface area contributed by atoms with Crippen LogP contribution in [0.4, 0.5) is 0 Å². The number of rotatable bonds is 5. The van der Waals surface area contributed by atoms with E-state index in [4.69, 9.17) is 4.74 Å². The lowest BCUT2D eigenvalue weighted by atomic mass is 10.1. The van der Waals surface area contributed by atoms with Crippen LogP contribution in [0.5, 0.6) is 17.2 Å². The van der Waals surface area contributed by atoms with Crippen molar-refractivity contribution in [2.75, 3.05) is 6.61 Å². The highest BCUT2D eigenvalue weighted by molar-refractivity contribution is 6.00. The normalized spacial score (nSPS) is 10.4. The van der Waals surface area contributed by atoms with E-state index < -0.39 is 0 Å². The number of carbonyl (C=O) groups is 1. The molecule has 0 radical (unpaired) electrons. The number of aryl methyl sites for hydroxylation is 1. The lowest BCUT2D eigenvalue weighted by Gasteiger charge is -2.09. The topological polar surface area (TPSA) is 66.8 Å². The predicted octanol–water partition coefficient (Wildman–Crippen LogP) is 4.33. The van der Waals surface area contributed by atoms with Gasteiger partial charge in [0.05, 0.1) is 5.56 Å². The summed E-state index contributed by atoms with van der Waals surface area (Å²) >= 11 is 0. The van der Waals surface area contributed by atoms with E-state index in [9.17, 15) is 15.0 Å². The summed E-state index contributed by atoms with van der Waals surface area (Å²) in [5.74, 6) is -0.0849. The van der Waals surface area contributed by atoms with Crippen molar-refractivity contribution in [2.45, 2.75) is 6.92 Å². The van der Waals surface area contributed by atoms with Gasteiger partial charge in [-0.3, -0.25) is 4.79 Å². The number of benzene rings is 3. The molecule has 0 saturated carbocycles. The number of phenolic OH excluding ortho intramolecular Hbond substituents is 2. The van der Waals surface area contributed by atoms with E-state index in [2.05, 4.69) is 0 Å². The first-order chi connectivity index (χ1) is 12.0. The number of aromatic hydroxyl groups is 2. The average molecular weight is 334 g/mol. The molecule has 3 aromatic rings. The van der Waals surface area contributed by atoms with Crippen LogP contribution in [-0.4, -0.2) is 22.6 Å². The molecule has 0 heterocycles. The third-order valence-corrected chi connectivity index (χ3v) is 3.95. The maximum absolute atomic E-state index is 12.2. The van der Waals surface area contributed by atoms with Gasteiger partial charge in [-0.2, -0.15) is 0 Å². The van der Waals surface area contributed by atoms with E-state index in [1.807, 2.05) is 42.5 Å². The molecule has 3 aromatic carbocycles. The molecule has 0 spiro atoms. The van der Waals surface area contributed by atoms with Crippen LogP contribution in [0.15, 0.2) is 66.7 Å². The van der Waals surface area contributed by atoms with Crippen LogP contribution in [0.2, 0.25) is 0 Å². The molecule has 0 aliphatic heterocycles. The Kier molecular flexibility index (Phi) is 4.70. The van der Waals surface area contributed by atoms with Crippen molar-refractivity contribution in [3.8, 4) is 28.4 Å². The summed E-state index contributed by atoms with van der Waals surface area (Å²) in [5, 5.41) is 19.3. The van der Waals surface area contributed by atoms with Crippen molar-refractivity contribution in [3.05, 3.63) is 77.9 Å². The molecule has 4 heteroatoms. The maximum Gasteiger partial charge on any atom is 0.203 e. The van der Waals surface area contributed by atoms with Gasteiger partial charge in [0.1, 0.15) is 17.2 Å². The van der Waals surface area contributed by atoms with Gasteiger partial charge < -0.3 is 14.9 Å². The Morgan fingerprint density at radius 3 is 2.20 bits per heavy atom. The van der Waals surface area contributed by atoms with E-state index in [1.54, 1.807) is 19.1 Å². The summed E-state index contributed by atoms with van der Waals surface area (Å²) in [6, 6.07) is 20.0. The molecule has 0 aliphatic rings. The highest BCUT2D eigenvalue weighted by atomic mass is 16.5. The van der Waals surface area contributed by atoms with Crippen LogP contribution in [0, 0.1) is 6.92 Å². The lowest BCUT2D eigenvalue weighted by molar-refractivity contribution is 0.0918. The van der Waals surface area contributed by atoms with Gasteiger partial charge in [-0.1, -0.05) is 42.5 Å². The van der Waals surface area contributed by atoms with Gasteiger partial charge in [0.2, 0.25) is 5.78 Å². The summed E-state index contributed by atoms with van der Waals surface area (Å²) in [7, 11) is 0. The van der Waals surface area contributed by atoms with E-state index >= 15 is 0 Å². The zero-order chi connectivity index (χ0) is 17.8. The van der Waals surface area contributed by atoms with Crippen LogP contribution in [0.3, 0.4) is 0 Å². The Bertz CT molecular complexity index is 884. The minimum Gasteiger partial charge on any atom is -0.508 e. The van der Waals surface area contributed by atoms with Crippen molar-refractivity contribution in [3.63, 3.8) is 0 Å². The van der Waals surface area contributed by atoms with Gasteiger partial charge in [-0.15, -0.1) is 0 Å². The van der Waals surface area contributed by atoms with Crippen molar-refractivity contribution in [1.29, 1.82) is 0 Å². The fourth-order valence-corrected chi connectivity index (χ4v) is 2.51. The molecule has 4 nitrogen and oxygen atoms in total. The lowest BCUT2D eigenvalue weighted by Crippen LogP contribution is -2.12. The Hall–Kier alpha value is -3.27. The van der Waals surface area contributed by atoms with Crippen molar-refractivity contribution in [2.24, 2.45) is 0 Å². The van der Waals surface area contributed by atoms with Crippen molar-refractivity contribution in [1.82, 2.24) is 0 Å². The van der Waals surface area contributed by atoms with Crippen LogP contribution in [0.25, 0.3) is 11.1 Å². The molecule has 0 aliphatic carbocycles. The largest absolute Gasteiger partial charge is 0.508 e.